The molecule has 2 aromatic rings. The smallest absolute Gasteiger partial charge is 0.125 e. The van der Waals surface area contributed by atoms with Gasteiger partial charge in [-0.05, 0) is 35.7 Å². The lowest BCUT2D eigenvalue weighted by Gasteiger charge is -2.25. The van der Waals surface area contributed by atoms with Crippen molar-refractivity contribution in [3.05, 3.63) is 59.4 Å². The van der Waals surface area contributed by atoms with Crippen LogP contribution in [0.4, 0.5) is 10.1 Å². The van der Waals surface area contributed by atoms with Gasteiger partial charge in [-0.3, -0.25) is 4.21 Å². The van der Waals surface area contributed by atoms with E-state index < -0.39 is 16.6 Å². The highest BCUT2D eigenvalue weighted by Gasteiger charge is 2.23. The minimum Gasteiger partial charge on any atom is -0.398 e. The van der Waals surface area contributed by atoms with Crippen LogP contribution in [0.15, 0.2) is 47.4 Å². The van der Waals surface area contributed by atoms with Gasteiger partial charge in [0.2, 0.25) is 0 Å². The Kier molecular flexibility index (Phi) is 4.03. The van der Waals surface area contributed by atoms with Gasteiger partial charge in [0.05, 0.1) is 39.8 Å². The molecule has 0 aromatic heterocycles. The van der Waals surface area contributed by atoms with Crippen molar-refractivity contribution < 1.29 is 13.3 Å². The van der Waals surface area contributed by atoms with Crippen LogP contribution >= 0.6 is 0 Å². The van der Waals surface area contributed by atoms with Gasteiger partial charge in [0.25, 0.3) is 0 Å². The number of benzene rings is 2. The molecule has 2 unspecified atom stereocenters. The molecule has 3 rings (SSSR count). The van der Waals surface area contributed by atoms with E-state index >= 15 is 0 Å². The maximum atomic E-state index is 13.1. The molecule has 2 atom stereocenters. The van der Waals surface area contributed by atoms with Crippen molar-refractivity contribution in [2.45, 2.75) is 17.4 Å². The molecule has 1 heterocycles. The average molecular weight is 305 g/mol. The van der Waals surface area contributed by atoms with Crippen molar-refractivity contribution in [2.75, 3.05) is 18.1 Å². The lowest BCUT2D eigenvalue weighted by atomic mass is 9.99. The van der Waals surface area contributed by atoms with Gasteiger partial charge in [0.1, 0.15) is 5.82 Å². The van der Waals surface area contributed by atoms with Crippen molar-refractivity contribution in [1.82, 2.24) is 0 Å². The first-order valence-corrected chi connectivity index (χ1v) is 8.10. The zero-order valence-electron chi connectivity index (χ0n) is 11.4. The Hall–Kier alpha value is -1.72. The van der Waals surface area contributed by atoms with Crippen molar-refractivity contribution in [2.24, 2.45) is 0 Å². The second-order valence-corrected chi connectivity index (χ2v) is 6.47. The molecule has 3 nitrogen and oxygen atoms in total. The third-order valence-electron chi connectivity index (χ3n) is 3.61. The molecule has 0 aliphatic carbocycles. The molecule has 0 fully saturated rings. The van der Waals surface area contributed by atoms with Crippen LogP contribution in [0.3, 0.4) is 0 Å². The number of rotatable bonds is 3. The third-order valence-corrected chi connectivity index (χ3v) is 5.08. The summed E-state index contributed by atoms with van der Waals surface area (Å²) in [5, 5.41) is 0. The predicted octanol–water partition coefficient (Wildman–Crippen LogP) is 2.83. The first kappa shape index (κ1) is 14.2. The molecule has 21 heavy (non-hydrogen) atoms. The molecular weight excluding hydrogens is 289 g/mol. The summed E-state index contributed by atoms with van der Waals surface area (Å²) in [5.74, 6) is -0.0974. The Morgan fingerprint density at radius 2 is 2.10 bits per heavy atom. The largest absolute Gasteiger partial charge is 0.398 e. The Bertz CT molecular complexity index is 690. The SMILES string of the molecule is Nc1cc(F)ccc1S(=O)CC1OCCc2ccccc21. The van der Waals surface area contributed by atoms with Crippen LogP contribution in [-0.4, -0.2) is 16.6 Å². The maximum Gasteiger partial charge on any atom is 0.125 e. The summed E-state index contributed by atoms with van der Waals surface area (Å²) in [4.78, 5) is 0.461. The zero-order chi connectivity index (χ0) is 14.8. The van der Waals surface area contributed by atoms with E-state index in [4.69, 9.17) is 10.5 Å². The van der Waals surface area contributed by atoms with E-state index in [1.165, 1.54) is 23.8 Å². The van der Waals surface area contributed by atoms with Crippen LogP contribution < -0.4 is 5.73 Å². The quantitative estimate of drug-likeness (QED) is 0.887. The summed E-state index contributed by atoms with van der Waals surface area (Å²) in [5.41, 5.74) is 8.28. The van der Waals surface area contributed by atoms with Gasteiger partial charge in [0, 0.05) is 0 Å². The zero-order valence-corrected chi connectivity index (χ0v) is 12.2. The summed E-state index contributed by atoms with van der Waals surface area (Å²) in [7, 11) is -1.32. The standard InChI is InChI=1S/C16H16FNO2S/c17-12-5-6-16(14(18)9-12)21(19)10-15-13-4-2-1-3-11(13)7-8-20-15/h1-6,9,15H,7-8,10,18H2. The van der Waals surface area contributed by atoms with Crippen LogP contribution in [0.25, 0.3) is 0 Å². The number of nitrogen functional groups attached to an aromatic ring is 1. The fourth-order valence-corrected chi connectivity index (χ4v) is 3.84. The van der Waals surface area contributed by atoms with E-state index in [0.29, 0.717) is 17.3 Å². The molecule has 0 saturated carbocycles. The fourth-order valence-electron chi connectivity index (χ4n) is 2.57. The minimum absolute atomic E-state index is 0.208. The Morgan fingerprint density at radius 3 is 2.90 bits per heavy atom. The van der Waals surface area contributed by atoms with Crippen LogP contribution in [0.1, 0.15) is 17.2 Å². The third kappa shape index (κ3) is 2.99. The van der Waals surface area contributed by atoms with Crippen LogP contribution in [-0.2, 0) is 22.0 Å². The summed E-state index contributed by atoms with van der Waals surface area (Å²) < 4.78 is 31.3. The van der Waals surface area contributed by atoms with Gasteiger partial charge >= 0.3 is 0 Å². The molecule has 2 aromatic carbocycles. The van der Waals surface area contributed by atoms with E-state index in [9.17, 15) is 8.60 Å². The Labute approximate surface area is 125 Å². The van der Waals surface area contributed by atoms with Crippen molar-refractivity contribution in [1.29, 1.82) is 0 Å². The number of ether oxygens (including phenoxy) is 1. The van der Waals surface area contributed by atoms with Crippen molar-refractivity contribution >= 4 is 16.5 Å². The minimum atomic E-state index is -1.32. The van der Waals surface area contributed by atoms with Crippen LogP contribution in [0, 0.1) is 5.82 Å². The molecule has 0 saturated heterocycles. The predicted molar refractivity (Wildman–Crippen MR) is 80.9 cm³/mol. The maximum absolute atomic E-state index is 13.1. The molecule has 1 aliphatic rings. The van der Waals surface area contributed by atoms with Crippen LogP contribution in [0.2, 0.25) is 0 Å². The van der Waals surface area contributed by atoms with E-state index in [1.54, 1.807) is 0 Å². The molecule has 1 aliphatic heterocycles. The topological polar surface area (TPSA) is 52.3 Å². The lowest BCUT2D eigenvalue weighted by molar-refractivity contribution is 0.0582. The molecule has 0 amide bonds. The second-order valence-electron chi connectivity index (χ2n) is 5.00. The van der Waals surface area contributed by atoms with Crippen molar-refractivity contribution in [3.63, 3.8) is 0 Å². The molecule has 0 radical (unpaired) electrons. The van der Waals surface area contributed by atoms with E-state index in [2.05, 4.69) is 6.07 Å². The fraction of sp³-hybridized carbons (Fsp3) is 0.250. The molecule has 5 heteroatoms. The normalized spacial score (nSPS) is 19.0. The Morgan fingerprint density at radius 1 is 1.29 bits per heavy atom. The number of halogens is 1. The number of fused-ring (bicyclic) bond motifs is 1. The lowest BCUT2D eigenvalue weighted by Crippen LogP contribution is -2.21. The summed E-state index contributed by atoms with van der Waals surface area (Å²) in [6, 6.07) is 12.0. The summed E-state index contributed by atoms with van der Waals surface area (Å²) in [6.07, 6.45) is 0.665. The Balaban J connectivity index is 1.83. The molecule has 0 spiro atoms. The molecule has 0 bridgehead atoms. The number of anilines is 1. The average Bonchev–Trinajstić information content (AvgIpc) is 2.47. The molecular formula is C16H16FNO2S. The first-order chi connectivity index (χ1) is 10.1. The van der Waals surface area contributed by atoms with Gasteiger partial charge in [-0.15, -0.1) is 0 Å². The molecule has 2 N–H and O–H groups in total. The van der Waals surface area contributed by atoms with Gasteiger partial charge in [-0.1, -0.05) is 24.3 Å². The number of hydrogen-bond donors (Lipinski definition) is 1. The van der Waals surface area contributed by atoms with Crippen molar-refractivity contribution in [3.8, 4) is 0 Å². The second kappa shape index (κ2) is 5.95. The van der Waals surface area contributed by atoms with E-state index in [-0.39, 0.29) is 11.8 Å². The van der Waals surface area contributed by atoms with Crippen LogP contribution in [0.5, 0.6) is 0 Å². The monoisotopic (exact) mass is 305 g/mol. The number of hydrogen-bond acceptors (Lipinski definition) is 3. The van der Waals surface area contributed by atoms with Gasteiger partial charge in [-0.2, -0.15) is 0 Å². The first-order valence-electron chi connectivity index (χ1n) is 6.78. The van der Waals surface area contributed by atoms with Gasteiger partial charge in [0.15, 0.2) is 0 Å². The van der Waals surface area contributed by atoms with E-state index in [1.807, 2.05) is 18.2 Å². The van der Waals surface area contributed by atoms with E-state index in [0.717, 1.165) is 12.0 Å². The molecule has 110 valence electrons. The summed E-state index contributed by atoms with van der Waals surface area (Å²) >= 11 is 0. The summed E-state index contributed by atoms with van der Waals surface area (Å²) in [6.45, 7) is 0.623. The highest BCUT2D eigenvalue weighted by atomic mass is 32.2. The number of nitrogens with two attached hydrogens (primary N) is 1. The van der Waals surface area contributed by atoms with Gasteiger partial charge < -0.3 is 10.5 Å². The van der Waals surface area contributed by atoms with Gasteiger partial charge in [-0.25, -0.2) is 4.39 Å². The highest BCUT2D eigenvalue weighted by Crippen LogP contribution is 2.29. The highest BCUT2D eigenvalue weighted by molar-refractivity contribution is 7.85.